The molecule has 0 unspecified atom stereocenters. The maximum Gasteiger partial charge on any atom is 0.339 e. The summed E-state index contributed by atoms with van der Waals surface area (Å²) >= 11 is 0. The molecule has 1 rings (SSSR count). The van der Waals surface area contributed by atoms with Crippen molar-refractivity contribution in [2.75, 3.05) is 14.2 Å². The van der Waals surface area contributed by atoms with E-state index in [0.717, 1.165) is 6.07 Å². The molecule has 1 aromatic carbocycles. The van der Waals surface area contributed by atoms with Crippen molar-refractivity contribution in [2.24, 2.45) is 0 Å². The SMILES string of the molecule is COC(=O)c1cc(OC)c(O)cc1C#N. The summed E-state index contributed by atoms with van der Waals surface area (Å²) in [6, 6.07) is 4.21. The monoisotopic (exact) mass is 207 g/mol. The second-order valence-corrected chi connectivity index (χ2v) is 2.67. The number of benzene rings is 1. The van der Waals surface area contributed by atoms with E-state index in [1.54, 1.807) is 6.07 Å². The minimum atomic E-state index is -0.648. The second-order valence-electron chi connectivity index (χ2n) is 2.67. The van der Waals surface area contributed by atoms with Gasteiger partial charge in [0.1, 0.15) is 6.07 Å². The van der Waals surface area contributed by atoms with Crippen LogP contribution in [0, 0.1) is 11.3 Å². The standard InChI is InChI=1S/C10H9NO4/c1-14-9-4-7(10(13)15-2)6(5-11)3-8(9)12/h3-4,12H,1-2H3. The van der Waals surface area contributed by atoms with Crippen LogP contribution in [-0.2, 0) is 4.74 Å². The van der Waals surface area contributed by atoms with Crippen molar-refractivity contribution in [2.45, 2.75) is 0 Å². The zero-order valence-electron chi connectivity index (χ0n) is 8.27. The van der Waals surface area contributed by atoms with E-state index < -0.39 is 5.97 Å². The number of hydrogen-bond acceptors (Lipinski definition) is 5. The van der Waals surface area contributed by atoms with Gasteiger partial charge in [-0.05, 0) is 6.07 Å². The van der Waals surface area contributed by atoms with Crippen molar-refractivity contribution in [3.8, 4) is 17.6 Å². The number of nitrogens with zero attached hydrogens (tertiary/aromatic N) is 1. The average Bonchev–Trinajstić information content (AvgIpc) is 2.27. The van der Waals surface area contributed by atoms with E-state index in [1.807, 2.05) is 0 Å². The first-order valence-electron chi connectivity index (χ1n) is 4.03. The summed E-state index contributed by atoms with van der Waals surface area (Å²) in [5, 5.41) is 18.1. The van der Waals surface area contributed by atoms with Crippen LogP contribution in [0.2, 0.25) is 0 Å². The number of esters is 1. The van der Waals surface area contributed by atoms with Gasteiger partial charge in [-0.25, -0.2) is 4.79 Å². The molecule has 5 heteroatoms. The summed E-state index contributed by atoms with van der Waals surface area (Å²) in [7, 11) is 2.56. The van der Waals surface area contributed by atoms with Gasteiger partial charge in [0.05, 0.1) is 25.3 Å². The molecule has 5 nitrogen and oxygen atoms in total. The second kappa shape index (κ2) is 4.33. The molecular formula is C10H9NO4. The van der Waals surface area contributed by atoms with Gasteiger partial charge < -0.3 is 14.6 Å². The number of phenols is 1. The number of hydrogen-bond donors (Lipinski definition) is 1. The highest BCUT2D eigenvalue weighted by molar-refractivity contribution is 5.93. The first-order chi connectivity index (χ1) is 7.13. The molecule has 0 atom stereocenters. The molecule has 15 heavy (non-hydrogen) atoms. The summed E-state index contributed by atoms with van der Waals surface area (Å²) in [5.41, 5.74) is 0.106. The van der Waals surface area contributed by atoms with Crippen molar-refractivity contribution in [1.82, 2.24) is 0 Å². The number of aromatic hydroxyl groups is 1. The maximum absolute atomic E-state index is 11.3. The minimum Gasteiger partial charge on any atom is -0.504 e. The molecule has 1 aromatic rings. The van der Waals surface area contributed by atoms with Crippen LogP contribution in [-0.4, -0.2) is 25.3 Å². The van der Waals surface area contributed by atoms with Crippen LogP contribution in [0.1, 0.15) is 15.9 Å². The van der Waals surface area contributed by atoms with Gasteiger partial charge in [0.2, 0.25) is 0 Å². The minimum absolute atomic E-state index is 0.0418. The van der Waals surface area contributed by atoms with Crippen molar-refractivity contribution in [3.05, 3.63) is 23.3 Å². The summed E-state index contributed by atoms with van der Waals surface area (Å²) < 4.78 is 9.30. The van der Waals surface area contributed by atoms with E-state index >= 15 is 0 Å². The molecule has 0 amide bonds. The Balaban J connectivity index is 3.37. The summed E-state index contributed by atoms with van der Waals surface area (Å²) in [6.07, 6.45) is 0. The fraction of sp³-hybridized carbons (Fsp3) is 0.200. The molecule has 0 saturated carbocycles. The van der Waals surface area contributed by atoms with E-state index in [0.29, 0.717) is 0 Å². The number of carbonyl (C=O) groups excluding carboxylic acids is 1. The number of carbonyl (C=O) groups is 1. The highest BCUT2D eigenvalue weighted by Crippen LogP contribution is 2.29. The van der Waals surface area contributed by atoms with Gasteiger partial charge in [0.25, 0.3) is 0 Å². The number of nitriles is 1. The average molecular weight is 207 g/mol. The Morgan fingerprint density at radius 2 is 2.13 bits per heavy atom. The Morgan fingerprint density at radius 3 is 2.60 bits per heavy atom. The lowest BCUT2D eigenvalue weighted by Crippen LogP contribution is -2.04. The fourth-order valence-corrected chi connectivity index (χ4v) is 1.10. The Bertz CT molecular complexity index is 434. The molecule has 0 bridgehead atoms. The smallest absolute Gasteiger partial charge is 0.339 e. The third kappa shape index (κ3) is 1.99. The first kappa shape index (κ1) is 10.9. The summed E-state index contributed by atoms with van der Waals surface area (Å²) in [5.74, 6) is -0.721. The Labute approximate surface area is 86.5 Å². The van der Waals surface area contributed by atoms with Crippen LogP contribution in [0.4, 0.5) is 0 Å². The normalized spacial score (nSPS) is 9.13. The molecule has 0 aliphatic carbocycles. The van der Waals surface area contributed by atoms with Gasteiger partial charge in [-0.1, -0.05) is 0 Å². The van der Waals surface area contributed by atoms with Crippen LogP contribution < -0.4 is 4.74 Å². The van der Waals surface area contributed by atoms with E-state index in [4.69, 9.17) is 10.00 Å². The highest BCUT2D eigenvalue weighted by Gasteiger charge is 2.16. The van der Waals surface area contributed by atoms with Crippen molar-refractivity contribution < 1.29 is 19.4 Å². The largest absolute Gasteiger partial charge is 0.504 e. The molecular weight excluding hydrogens is 198 g/mol. The van der Waals surface area contributed by atoms with E-state index in [1.165, 1.54) is 20.3 Å². The molecule has 78 valence electrons. The lowest BCUT2D eigenvalue weighted by atomic mass is 10.1. The Kier molecular flexibility index (Phi) is 3.13. The molecule has 0 heterocycles. The maximum atomic E-state index is 11.3. The fourth-order valence-electron chi connectivity index (χ4n) is 1.10. The summed E-state index contributed by atoms with van der Waals surface area (Å²) in [6.45, 7) is 0. The van der Waals surface area contributed by atoms with Gasteiger partial charge in [0.15, 0.2) is 11.5 Å². The van der Waals surface area contributed by atoms with E-state index in [2.05, 4.69) is 4.74 Å². The lowest BCUT2D eigenvalue weighted by Gasteiger charge is -2.07. The molecule has 0 aromatic heterocycles. The first-order valence-corrected chi connectivity index (χ1v) is 4.03. The zero-order valence-corrected chi connectivity index (χ0v) is 8.27. The van der Waals surface area contributed by atoms with Gasteiger partial charge in [-0.2, -0.15) is 5.26 Å². The van der Waals surface area contributed by atoms with Gasteiger partial charge in [0, 0.05) is 6.07 Å². The van der Waals surface area contributed by atoms with E-state index in [9.17, 15) is 9.90 Å². The zero-order chi connectivity index (χ0) is 11.4. The molecule has 0 radical (unpaired) electrons. The lowest BCUT2D eigenvalue weighted by molar-refractivity contribution is 0.0600. The van der Waals surface area contributed by atoms with Crippen molar-refractivity contribution in [1.29, 1.82) is 5.26 Å². The third-order valence-corrected chi connectivity index (χ3v) is 1.84. The van der Waals surface area contributed by atoms with Crippen LogP contribution in [0.5, 0.6) is 11.5 Å². The molecule has 0 saturated heterocycles. The molecule has 0 spiro atoms. The van der Waals surface area contributed by atoms with Gasteiger partial charge in [-0.3, -0.25) is 0 Å². The predicted octanol–water partition coefficient (Wildman–Crippen LogP) is 1.06. The number of methoxy groups -OCH3 is 2. The van der Waals surface area contributed by atoms with Crippen molar-refractivity contribution in [3.63, 3.8) is 0 Å². The predicted molar refractivity (Wildman–Crippen MR) is 50.7 cm³/mol. The van der Waals surface area contributed by atoms with Crippen LogP contribution in [0.25, 0.3) is 0 Å². The van der Waals surface area contributed by atoms with Crippen molar-refractivity contribution >= 4 is 5.97 Å². The third-order valence-electron chi connectivity index (χ3n) is 1.84. The topological polar surface area (TPSA) is 79.6 Å². The quantitative estimate of drug-likeness (QED) is 0.733. The summed E-state index contributed by atoms with van der Waals surface area (Å²) in [4.78, 5) is 11.3. The number of phenolic OH excluding ortho intramolecular Hbond substituents is 1. The van der Waals surface area contributed by atoms with Gasteiger partial charge >= 0.3 is 5.97 Å². The molecule has 1 N–H and O–H groups in total. The molecule has 0 aliphatic rings. The van der Waals surface area contributed by atoms with Crippen LogP contribution in [0.15, 0.2) is 12.1 Å². The number of ether oxygens (including phenoxy) is 2. The Hall–Kier alpha value is -2.22. The molecule has 0 aliphatic heterocycles. The highest BCUT2D eigenvalue weighted by atomic mass is 16.5. The van der Waals surface area contributed by atoms with E-state index in [-0.39, 0.29) is 22.6 Å². The number of rotatable bonds is 2. The Morgan fingerprint density at radius 1 is 1.47 bits per heavy atom. The van der Waals surface area contributed by atoms with Gasteiger partial charge in [-0.15, -0.1) is 0 Å². The van der Waals surface area contributed by atoms with Crippen LogP contribution >= 0.6 is 0 Å². The molecule has 0 fully saturated rings. The van der Waals surface area contributed by atoms with Crippen LogP contribution in [0.3, 0.4) is 0 Å².